The van der Waals surface area contributed by atoms with E-state index in [2.05, 4.69) is 20.9 Å². The van der Waals surface area contributed by atoms with Crippen LogP contribution in [0.5, 0.6) is 0 Å². The highest BCUT2D eigenvalue weighted by Gasteiger charge is 2.40. The number of carbonyl (C=O) groups excluding carboxylic acids is 6. The summed E-state index contributed by atoms with van der Waals surface area (Å²) >= 11 is 0. The van der Waals surface area contributed by atoms with Gasteiger partial charge in [-0.05, 0) is 80.2 Å². The molecule has 73 heavy (non-hydrogen) atoms. The van der Waals surface area contributed by atoms with E-state index in [4.69, 9.17) is 8.92 Å². The molecule has 5 atom stereocenters. The average Bonchev–Trinajstić information content (AvgIpc) is 3.78. The fraction of sp³-hybridized carbons (Fsp3) is 0.519. The molecule has 396 valence electrons. The van der Waals surface area contributed by atoms with Crippen molar-refractivity contribution in [2.45, 2.75) is 115 Å². The number of rotatable bonds is 30. The number of aryl methyl sites for hydroxylation is 3. The maximum Gasteiger partial charge on any atom is 0.297 e. The second-order valence-electron chi connectivity index (χ2n) is 20.1. The minimum Gasteiger partial charge on any atom is -0.380 e. The SMILES string of the molecule is CC(C)C[C@H](NC(=O)[C@H](CCc1ccccc1)CC(=O)CN1CCOCC1)C(=O)C[C@@H](Cc1ccccc1)C(=O)N[C@@H](CC(C)C)C(=O)C(C)(O)COS(=O)(=O)c1ccc(F)c(C(=O)CCc2cn(C)nn2)c1. The molecule has 1 saturated heterocycles. The average molecular weight is 1030 g/mol. The quantitative estimate of drug-likeness (QED) is 0.0450. The summed E-state index contributed by atoms with van der Waals surface area (Å²) < 4.78 is 53.8. The monoisotopic (exact) mass is 1030 g/mol. The number of nitrogens with one attached hydrogen (secondary N) is 2. The van der Waals surface area contributed by atoms with E-state index >= 15 is 0 Å². The zero-order valence-corrected chi connectivity index (χ0v) is 43.6. The van der Waals surface area contributed by atoms with E-state index in [-0.39, 0.29) is 69.1 Å². The van der Waals surface area contributed by atoms with Gasteiger partial charge in [0.05, 0.1) is 48.0 Å². The van der Waals surface area contributed by atoms with Gasteiger partial charge in [0.25, 0.3) is 10.1 Å². The Morgan fingerprint density at radius 3 is 2.04 bits per heavy atom. The van der Waals surface area contributed by atoms with E-state index in [1.54, 1.807) is 57.4 Å². The van der Waals surface area contributed by atoms with Gasteiger partial charge in [-0.1, -0.05) is 93.6 Å². The molecule has 1 aliphatic heterocycles. The summed E-state index contributed by atoms with van der Waals surface area (Å²) in [5.41, 5.74) is -0.823. The second kappa shape index (κ2) is 27.4. The molecule has 0 aliphatic carbocycles. The van der Waals surface area contributed by atoms with Gasteiger partial charge in [-0.15, -0.1) is 5.10 Å². The molecule has 2 heterocycles. The molecular formula is C54H71FN6O11S. The van der Waals surface area contributed by atoms with Crippen LogP contribution in [0, 0.1) is 29.5 Å². The molecule has 0 radical (unpaired) electrons. The number of aliphatic hydroxyl groups is 1. The number of nitrogens with zero attached hydrogens (tertiary/aromatic N) is 4. The van der Waals surface area contributed by atoms with Gasteiger partial charge in [0.2, 0.25) is 11.8 Å². The Hall–Kier alpha value is -5.86. The number of carbonyl (C=O) groups is 6. The first kappa shape index (κ1) is 58.0. The third-order valence-corrected chi connectivity index (χ3v) is 13.9. The molecule has 0 bridgehead atoms. The zero-order valence-electron chi connectivity index (χ0n) is 42.8. The summed E-state index contributed by atoms with van der Waals surface area (Å²) in [5, 5.41) is 25.0. The van der Waals surface area contributed by atoms with Gasteiger partial charge in [-0.25, -0.2) is 4.39 Å². The van der Waals surface area contributed by atoms with Crippen LogP contribution in [0.15, 0.2) is 90.0 Å². The van der Waals surface area contributed by atoms with Crippen LogP contribution < -0.4 is 10.6 Å². The Labute approximate surface area is 428 Å². The van der Waals surface area contributed by atoms with Crippen LogP contribution in [-0.4, -0.2) is 126 Å². The van der Waals surface area contributed by atoms with Crippen molar-refractivity contribution in [3.63, 3.8) is 0 Å². The maximum absolute atomic E-state index is 14.9. The number of hydrogen-bond acceptors (Lipinski definition) is 14. The zero-order chi connectivity index (χ0) is 53.3. The number of ketones is 4. The van der Waals surface area contributed by atoms with Crippen molar-refractivity contribution in [1.82, 2.24) is 30.5 Å². The molecule has 3 N–H and O–H groups in total. The molecule has 1 aliphatic rings. The van der Waals surface area contributed by atoms with Crippen LogP contribution in [0.3, 0.4) is 0 Å². The molecule has 1 fully saturated rings. The number of amides is 2. The predicted octanol–water partition coefficient (Wildman–Crippen LogP) is 5.22. The Kier molecular flexibility index (Phi) is 21.8. The summed E-state index contributed by atoms with van der Waals surface area (Å²) in [6, 6.07) is 18.7. The number of halogens is 1. The Bertz CT molecular complexity index is 2600. The van der Waals surface area contributed by atoms with Gasteiger partial charge in [0.15, 0.2) is 17.3 Å². The lowest BCUT2D eigenvalue weighted by molar-refractivity contribution is -0.143. The molecule has 1 aromatic heterocycles. The van der Waals surface area contributed by atoms with Gasteiger partial charge >= 0.3 is 0 Å². The van der Waals surface area contributed by atoms with Crippen molar-refractivity contribution in [3.05, 3.63) is 113 Å². The van der Waals surface area contributed by atoms with Crippen LogP contribution in [0.25, 0.3) is 0 Å². The number of morpholine rings is 1. The highest BCUT2D eigenvalue weighted by molar-refractivity contribution is 7.86. The van der Waals surface area contributed by atoms with Crippen molar-refractivity contribution in [1.29, 1.82) is 0 Å². The predicted molar refractivity (Wildman–Crippen MR) is 270 cm³/mol. The molecule has 3 aromatic carbocycles. The lowest BCUT2D eigenvalue weighted by Gasteiger charge is -2.30. The molecule has 17 nitrogen and oxygen atoms in total. The van der Waals surface area contributed by atoms with Gasteiger partial charge in [-0.2, -0.15) is 8.42 Å². The highest BCUT2D eigenvalue weighted by Crippen LogP contribution is 2.25. The smallest absolute Gasteiger partial charge is 0.297 e. The van der Waals surface area contributed by atoms with Gasteiger partial charge in [-0.3, -0.25) is 42.5 Å². The topological polar surface area (TPSA) is 233 Å². The second-order valence-corrected chi connectivity index (χ2v) is 21.7. The maximum atomic E-state index is 14.9. The largest absolute Gasteiger partial charge is 0.380 e. The van der Waals surface area contributed by atoms with Crippen LogP contribution in [-0.2, 0) is 69.3 Å². The molecular weight excluding hydrogens is 960 g/mol. The lowest BCUT2D eigenvalue weighted by atomic mass is 9.86. The van der Waals surface area contributed by atoms with Crippen LogP contribution >= 0.6 is 0 Å². The number of benzene rings is 3. The number of hydrogen-bond donors (Lipinski definition) is 3. The summed E-state index contributed by atoms with van der Waals surface area (Å²) in [6.07, 6.45) is 2.36. The van der Waals surface area contributed by atoms with Crippen LogP contribution in [0.1, 0.15) is 100 Å². The van der Waals surface area contributed by atoms with Gasteiger partial charge in [0.1, 0.15) is 23.8 Å². The third kappa shape index (κ3) is 18.5. The third-order valence-electron chi connectivity index (χ3n) is 12.7. The number of Topliss-reactive ketones (excluding diaryl/α,β-unsaturated/α-hetero) is 4. The van der Waals surface area contributed by atoms with Crippen molar-refractivity contribution < 1.29 is 55.6 Å². The van der Waals surface area contributed by atoms with E-state index in [1.165, 1.54) is 4.68 Å². The first-order valence-corrected chi connectivity index (χ1v) is 26.4. The molecule has 0 spiro atoms. The molecule has 4 aromatic rings. The van der Waals surface area contributed by atoms with Crippen molar-refractivity contribution in [3.8, 4) is 0 Å². The normalized spacial score (nSPS) is 15.8. The van der Waals surface area contributed by atoms with E-state index in [0.717, 1.165) is 30.7 Å². The minimum absolute atomic E-state index is 0.0120. The van der Waals surface area contributed by atoms with Gasteiger partial charge in [0, 0.05) is 63.9 Å². The fourth-order valence-electron chi connectivity index (χ4n) is 8.69. The summed E-state index contributed by atoms with van der Waals surface area (Å²) in [6.45, 7) is 9.77. The molecule has 2 amide bonds. The highest BCUT2D eigenvalue weighted by atomic mass is 32.2. The van der Waals surface area contributed by atoms with E-state index < -0.39 is 91.7 Å². The van der Waals surface area contributed by atoms with E-state index in [1.807, 2.05) is 49.1 Å². The summed E-state index contributed by atoms with van der Waals surface area (Å²) in [4.78, 5) is 85.4. The van der Waals surface area contributed by atoms with Crippen LogP contribution in [0.4, 0.5) is 4.39 Å². The Morgan fingerprint density at radius 1 is 0.822 bits per heavy atom. The molecule has 1 unspecified atom stereocenters. The van der Waals surface area contributed by atoms with Crippen molar-refractivity contribution in [2.75, 3.05) is 39.5 Å². The Balaban J connectivity index is 1.31. The van der Waals surface area contributed by atoms with Crippen molar-refractivity contribution >= 4 is 45.1 Å². The molecule has 0 saturated carbocycles. The number of ether oxygens (including phenoxy) is 1. The summed E-state index contributed by atoms with van der Waals surface area (Å²) in [7, 11) is -3.15. The fourth-order valence-corrected chi connectivity index (χ4v) is 9.71. The minimum atomic E-state index is -4.79. The van der Waals surface area contributed by atoms with E-state index in [9.17, 15) is 46.7 Å². The van der Waals surface area contributed by atoms with Crippen molar-refractivity contribution in [2.24, 2.45) is 30.7 Å². The first-order chi connectivity index (χ1) is 34.6. The van der Waals surface area contributed by atoms with Gasteiger partial charge < -0.3 is 20.5 Å². The standard InChI is InChI=1S/C54H71FN6O11S/c1-36(2)27-47(56-52(66)40(18-17-38-13-9-7-10-14-38)30-43(62)34-61-23-25-71-26-24-61)50(64)31-41(29-39-15-11-8-12-16-39)53(67)57-48(28-37(3)4)51(65)54(5,68)35-72-73(69,70)44-20-21-46(55)45(32-44)49(63)22-19-42-33-60(6)59-58-42/h7-16,20-21,32-33,36-37,40-41,47-48,68H,17-19,22-31,34-35H2,1-6H3,(H,56,66)(H,57,67)/t40-,41-,47+,48+,54?/m1/s1. The lowest BCUT2D eigenvalue weighted by Crippen LogP contribution is -2.54. The first-order valence-electron chi connectivity index (χ1n) is 25.0. The molecule has 19 heteroatoms. The number of aromatic nitrogens is 3. The van der Waals surface area contributed by atoms with Crippen LogP contribution in [0.2, 0.25) is 0 Å². The summed E-state index contributed by atoms with van der Waals surface area (Å²) in [5.74, 6) is -6.37. The Morgan fingerprint density at radius 2 is 1.42 bits per heavy atom. The molecule has 5 rings (SSSR count). The van der Waals surface area contributed by atoms with E-state index in [0.29, 0.717) is 50.4 Å².